The predicted molar refractivity (Wildman–Crippen MR) is 52.4 cm³/mol. The number of amides is 1. The van der Waals surface area contributed by atoms with Gasteiger partial charge in [-0.15, -0.1) is 4.91 Å². The molecule has 2 rings (SSSR count). The SMILES string of the molecule is O=NC(=O)/C=C/c1ccc2c(c1)OCO2. The van der Waals surface area contributed by atoms with Crippen LogP contribution in [0, 0.1) is 4.91 Å². The lowest BCUT2D eigenvalue weighted by atomic mass is 10.2. The van der Waals surface area contributed by atoms with E-state index in [9.17, 15) is 9.70 Å². The van der Waals surface area contributed by atoms with Gasteiger partial charge in [0.05, 0.1) is 0 Å². The van der Waals surface area contributed by atoms with Crippen LogP contribution in [-0.2, 0) is 4.79 Å². The van der Waals surface area contributed by atoms with Crippen LogP contribution in [0.25, 0.3) is 6.08 Å². The molecule has 1 heterocycles. The number of carbonyl (C=O) groups excluding carboxylic acids is 1. The molecule has 76 valence electrons. The van der Waals surface area contributed by atoms with Crippen LogP contribution in [-0.4, -0.2) is 12.7 Å². The Morgan fingerprint density at radius 3 is 2.93 bits per heavy atom. The van der Waals surface area contributed by atoms with Crippen LogP contribution >= 0.6 is 0 Å². The number of fused-ring (bicyclic) bond motifs is 1. The normalized spacial score (nSPS) is 13.1. The average molecular weight is 205 g/mol. The van der Waals surface area contributed by atoms with Gasteiger partial charge in [0.2, 0.25) is 6.79 Å². The Labute approximate surface area is 85.3 Å². The molecule has 1 aromatic rings. The summed E-state index contributed by atoms with van der Waals surface area (Å²) in [6.45, 7) is 0.206. The molecule has 0 aliphatic carbocycles. The van der Waals surface area contributed by atoms with E-state index in [1.54, 1.807) is 18.2 Å². The molecular formula is C10H7NO4. The first-order valence-electron chi connectivity index (χ1n) is 4.24. The van der Waals surface area contributed by atoms with E-state index in [0.29, 0.717) is 11.5 Å². The van der Waals surface area contributed by atoms with E-state index in [-0.39, 0.29) is 6.79 Å². The summed E-state index contributed by atoms with van der Waals surface area (Å²) in [6, 6.07) is 5.21. The highest BCUT2D eigenvalue weighted by Gasteiger charge is 2.12. The maximum absolute atomic E-state index is 10.6. The molecule has 1 amide bonds. The van der Waals surface area contributed by atoms with Crippen molar-refractivity contribution in [2.24, 2.45) is 5.18 Å². The van der Waals surface area contributed by atoms with Gasteiger partial charge in [-0.1, -0.05) is 6.07 Å². The first-order valence-corrected chi connectivity index (χ1v) is 4.24. The molecule has 0 saturated heterocycles. The summed E-state index contributed by atoms with van der Waals surface area (Å²) in [4.78, 5) is 20.4. The van der Waals surface area contributed by atoms with Gasteiger partial charge in [0.25, 0.3) is 0 Å². The fourth-order valence-corrected chi connectivity index (χ4v) is 1.21. The fraction of sp³-hybridized carbons (Fsp3) is 0.100. The van der Waals surface area contributed by atoms with E-state index in [1.165, 1.54) is 6.08 Å². The maximum Gasteiger partial charge on any atom is 0.309 e. The van der Waals surface area contributed by atoms with Gasteiger partial charge in [-0.05, 0) is 23.8 Å². The highest BCUT2D eigenvalue weighted by Crippen LogP contribution is 2.32. The van der Waals surface area contributed by atoms with Crippen molar-refractivity contribution in [1.29, 1.82) is 0 Å². The molecule has 0 bridgehead atoms. The van der Waals surface area contributed by atoms with Crippen LogP contribution in [0.15, 0.2) is 29.5 Å². The number of hydrogen-bond donors (Lipinski definition) is 0. The van der Waals surface area contributed by atoms with Crippen molar-refractivity contribution >= 4 is 12.0 Å². The molecule has 1 aliphatic rings. The lowest BCUT2D eigenvalue weighted by Gasteiger charge is -1.96. The highest BCUT2D eigenvalue weighted by atomic mass is 16.7. The zero-order valence-corrected chi connectivity index (χ0v) is 7.67. The summed E-state index contributed by atoms with van der Waals surface area (Å²) in [6.07, 6.45) is 2.59. The minimum atomic E-state index is -0.812. The van der Waals surface area contributed by atoms with E-state index in [2.05, 4.69) is 5.18 Å². The van der Waals surface area contributed by atoms with Gasteiger partial charge in [0.15, 0.2) is 11.5 Å². The van der Waals surface area contributed by atoms with Gasteiger partial charge >= 0.3 is 5.91 Å². The van der Waals surface area contributed by atoms with Gasteiger partial charge in [-0.2, -0.15) is 0 Å². The minimum absolute atomic E-state index is 0.206. The van der Waals surface area contributed by atoms with Crippen molar-refractivity contribution in [2.75, 3.05) is 6.79 Å². The molecule has 1 aromatic carbocycles. The molecule has 0 fully saturated rings. The number of hydrogen-bond acceptors (Lipinski definition) is 4. The van der Waals surface area contributed by atoms with Crippen LogP contribution < -0.4 is 9.47 Å². The number of rotatable bonds is 2. The second kappa shape index (κ2) is 3.91. The lowest BCUT2D eigenvalue weighted by molar-refractivity contribution is -0.113. The standard InChI is InChI=1S/C10H7NO4/c12-10(11-13)4-2-7-1-3-8-9(5-7)15-6-14-8/h1-5H,6H2/b4-2+. The van der Waals surface area contributed by atoms with Crippen molar-refractivity contribution < 1.29 is 14.3 Å². The van der Waals surface area contributed by atoms with Crippen molar-refractivity contribution in [1.82, 2.24) is 0 Å². The number of nitroso groups, excluding NO2 is 1. The molecule has 0 unspecified atom stereocenters. The monoisotopic (exact) mass is 205 g/mol. The Kier molecular flexibility index (Phi) is 2.45. The van der Waals surface area contributed by atoms with E-state index in [1.807, 2.05) is 0 Å². The zero-order valence-electron chi connectivity index (χ0n) is 7.67. The number of benzene rings is 1. The average Bonchev–Trinajstić information content (AvgIpc) is 2.72. The molecule has 5 nitrogen and oxygen atoms in total. The van der Waals surface area contributed by atoms with Gasteiger partial charge in [0.1, 0.15) is 0 Å². The van der Waals surface area contributed by atoms with Crippen LogP contribution in [0.3, 0.4) is 0 Å². The van der Waals surface area contributed by atoms with Crippen molar-refractivity contribution in [3.05, 3.63) is 34.7 Å². The van der Waals surface area contributed by atoms with Gasteiger partial charge in [-0.3, -0.25) is 4.79 Å². The predicted octanol–water partition coefficient (Wildman–Crippen LogP) is 1.72. The molecule has 0 aromatic heterocycles. The first-order chi connectivity index (χ1) is 7.29. The molecule has 0 atom stereocenters. The first kappa shape index (κ1) is 9.39. The van der Waals surface area contributed by atoms with E-state index in [0.717, 1.165) is 11.6 Å². The van der Waals surface area contributed by atoms with Crippen molar-refractivity contribution in [3.63, 3.8) is 0 Å². The van der Waals surface area contributed by atoms with E-state index < -0.39 is 5.91 Å². The number of ether oxygens (including phenoxy) is 2. The molecule has 0 N–H and O–H groups in total. The summed E-state index contributed by atoms with van der Waals surface area (Å²) in [5.74, 6) is 0.489. The molecule has 0 radical (unpaired) electrons. The maximum atomic E-state index is 10.6. The van der Waals surface area contributed by atoms with E-state index >= 15 is 0 Å². The quantitative estimate of drug-likeness (QED) is 0.544. The van der Waals surface area contributed by atoms with Crippen molar-refractivity contribution in [3.8, 4) is 11.5 Å². The van der Waals surface area contributed by atoms with Gasteiger partial charge in [0, 0.05) is 11.3 Å². The fourth-order valence-electron chi connectivity index (χ4n) is 1.21. The Hall–Kier alpha value is -2.17. The summed E-state index contributed by atoms with van der Waals surface area (Å²) in [5.41, 5.74) is 0.747. The Bertz CT molecular complexity index is 439. The minimum Gasteiger partial charge on any atom is -0.454 e. The summed E-state index contributed by atoms with van der Waals surface area (Å²) >= 11 is 0. The van der Waals surface area contributed by atoms with E-state index in [4.69, 9.17) is 9.47 Å². The zero-order chi connectivity index (χ0) is 10.7. The Morgan fingerprint density at radius 2 is 2.13 bits per heavy atom. The third kappa shape index (κ3) is 2.01. The topological polar surface area (TPSA) is 65.0 Å². The van der Waals surface area contributed by atoms with Crippen LogP contribution in [0.2, 0.25) is 0 Å². The van der Waals surface area contributed by atoms with Crippen molar-refractivity contribution in [2.45, 2.75) is 0 Å². The highest BCUT2D eigenvalue weighted by molar-refractivity contribution is 5.92. The molecular weight excluding hydrogens is 198 g/mol. The second-order valence-corrected chi connectivity index (χ2v) is 2.88. The second-order valence-electron chi connectivity index (χ2n) is 2.88. The van der Waals surface area contributed by atoms with Gasteiger partial charge in [-0.25, -0.2) is 0 Å². The number of nitrogens with zero attached hydrogens (tertiary/aromatic N) is 1. The molecule has 15 heavy (non-hydrogen) atoms. The Morgan fingerprint density at radius 1 is 1.33 bits per heavy atom. The number of carbonyl (C=O) groups is 1. The van der Waals surface area contributed by atoms with Crippen LogP contribution in [0.5, 0.6) is 11.5 Å². The molecule has 5 heteroatoms. The Balaban J connectivity index is 2.20. The smallest absolute Gasteiger partial charge is 0.309 e. The van der Waals surface area contributed by atoms with Crippen LogP contribution in [0.4, 0.5) is 0 Å². The summed E-state index contributed by atoms with van der Waals surface area (Å²) in [5, 5.41) is 2.24. The molecule has 0 saturated carbocycles. The lowest BCUT2D eigenvalue weighted by Crippen LogP contribution is -1.92. The third-order valence-corrected chi connectivity index (χ3v) is 1.90. The summed E-state index contributed by atoms with van der Waals surface area (Å²) in [7, 11) is 0. The van der Waals surface area contributed by atoms with Gasteiger partial charge < -0.3 is 9.47 Å². The summed E-state index contributed by atoms with van der Waals surface area (Å²) < 4.78 is 10.3. The molecule has 1 aliphatic heterocycles. The largest absolute Gasteiger partial charge is 0.454 e. The van der Waals surface area contributed by atoms with Crippen LogP contribution in [0.1, 0.15) is 5.56 Å². The molecule has 0 spiro atoms. The third-order valence-electron chi connectivity index (χ3n) is 1.90.